The molecule has 4 nitrogen and oxygen atoms in total. The maximum absolute atomic E-state index is 13.4. The molecule has 4 aliphatic carbocycles. The zero-order valence-corrected chi connectivity index (χ0v) is 15.7. The van der Waals surface area contributed by atoms with E-state index in [2.05, 4.69) is 24.5 Å². The zero-order chi connectivity index (χ0) is 17.1. The number of nitrogens with one attached hydrogen (secondary N) is 1. The first-order valence-corrected chi connectivity index (χ1v) is 10.5. The molecule has 5 aliphatic rings. The van der Waals surface area contributed by atoms with Crippen LogP contribution in [0.3, 0.4) is 0 Å². The topological polar surface area (TPSA) is 41.6 Å². The van der Waals surface area contributed by atoms with E-state index >= 15 is 0 Å². The van der Waals surface area contributed by atoms with Crippen molar-refractivity contribution in [3.8, 4) is 0 Å². The summed E-state index contributed by atoms with van der Waals surface area (Å²) in [5.74, 6) is 4.55. The third-order valence-corrected chi connectivity index (χ3v) is 7.88. The van der Waals surface area contributed by atoms with Crippen LogP contribution >= 0.6 is 0 Å². The van der Waals surface area contributed by atoms with Crippen molar-refractivity contribution in [3.63, 3.8) is 0 Å². The van der Waals surface area contributed by atoms with Gasteiger partial charge in [0.2, 0.25) is 0 Å². The minimum absolute atomic E-state index is 0.00785. The number of hydroxylamine groups is 1. The second-order valence-electron chi connectivity index (χ2n) is 9.47. The van der Waals surface area contributed by atoms with E-state index in [0.717, 1.165) is 37.0 Å². The molecule has 0 spiro atoms. The molecule has 4 heteroatoms. The Morgan fingerprint density at radius 3 is 2.64 bits per heavy atom. The minimum Gasteiger partial charge on any atom is -0.412 e. The van der Waals surface area contributed by atoms with Crippen molar-refractivity contribution in [1.29, 1.82) is 0 Å². The summed E-state index contributed by atoms with van der Waals surface area (Å²) in [6.45, 7) is 0.953. The molecule has 7 unspecified atom stereocenters. The maximum Gasteiger partial charge on any atom is 0.147 e. The van der Waals surface area contributed by atoms with Crippen molar-refractivity contribution >= 4 is 5.78 Å². The molecule has 25 heavy (non-hydrogen) atoms. The number of carbonyl (C=O) groups is 1. The molecule has 0 bridgehead atoms. The molecule has 138 valence electrons. The van der Waals surface area contributed by atoms with Crippen LogP contribution in [0.1, 0.15) is 51.4 Å². The Hall–Kier alpha value is -0.870. The third-order valence-electron chi connectivity index (χ3n) is 7.88. The van der Waals surface area contributed by atoms with Crippen LogP contribution in [0.2, 0.25) is 0 Å². The van der Waals surface area contributed by atoms with Gasteiger partial charge in [-0.15, -0.1) is 0 Å². The number of hydrogen-bond donors (Lipinski definition) is 1. The van der Waals surface area contributed by atoms with Crippen LogP contribution in [0.15, 0.2) is 11.3 Å². The highest BCUT2D eigenvalue weighted by Crippen LogP contribution is 2.60. The molecule has 1 N–H and O–H groups in total. The summed E-state index contributed by atoms with van der Waals surface area (Å²) in [6, 6.07) is 0.490. The summed E-state index contributed by atoms with van der Waals surface area (Å²) in [5.41, 5.74) is 4.99. The Balaban J connectivity index is 1.59. The van der Waals surface area contributed by atoms with Crippen LogP contribution in [0.25, 0.3) is 0 Å². The molecule has 0 amide bonds. The average Bonchev–Trinajstić information content (AvgIpc) is 2.61. The molecule has 3 saturated carbocycles. The molecule has 0 aromatic heterocycles. The van der Waals surface area contributed by atoms with Gasteiger partial charge in [-0.1, -0.05) is 12.8 Å². The fourth-order valence-corrected chi connectivity index (χ4v) is 6.96. The Labute approximate surface area is 151 Å². The van der Waals surface area contributed by atoms with Crippen LogP contribution in [0.5, 0.6) is 0 Å². The first kappa shape index (κ1) is 16.3. The van der Waals surface area contributed by atoms with E-state index in [1.807, 2.05) is 0 Å². The summed E-state index contributed by atoms with van der Waals surface area (Å²) in [6.07, 6.45) is 9.90. The van der Waals surface area contributed by atoms with Crippen molar-refractivity contribution in [1.82, 2.24) is 10.4 Å². The predicted molar refractivity (Wildman–Crippen MR) is 96.5 cm³/mol. The van der Waals surface area contributed by atoms with E-state index in [0.29, 0.717) is 23.7 Å². The zero-order valence-electron chi connectivity index (χ0n) is 15.7. The fourth-order valence-electron chi connectivity index (χ4n) is 6.96. The highest BCUT2D eigenvalue weighted by Gasteiger charge is 2.57. The van der Waals surface area contributed by atoms with E-state index in [-0.39, 0.29) is 11.8 Å². The molecule has 1 aliphatic heterocycles. The molecule has 3 fully saturated rings. The summed E-state index contributed by atoms with van der Waals surface area (Å²) < 4.78 is 0. The number of allylic oxidation sites excluding steroid dienone is 1. The average molecular weight is 344 g/mol. The van der Waals surface area contributed by atoms with Crippen LogP contribution in [-0.2, 0) is 9.63 Å². The van der Waals surface area contributed by atoms with Gasteiger partial charge >= 0.3 is 0 Å². The van der Waals surface area contributed by atoms with E-state index in [4.69, 9.17) is 4.84 Å². The van der Waals surface area contributed by atoms with Crippen LogP contribution < -0.4 is 5.48 Å². The largest absolute Gasteiger partial charge is 0.412 e. The van der Waals surface area contributed by atoms with E-state index < -0.39 is 0 Å². The molecule has 7 atom stereocenters. The lowest BCUT2D eigenvalue weighted by Gasteiger charge is -2.57. The second kappa shape index (κ2) is 6.09. The molecule has 5 rings (SSSR count). The molecule has 1 heterocycles. The van der Waals surface area contributed by atoms with Gasteiger partial charge in [-0.3, -0.25) is 4.79 Å². The van der Waals surface area contributed by atoms with Gasteiger partial charge in [0.25, 0.3) is 0 Å². The lowest BCUT2D eigenvalue weighted by Crippen LogP contribution is -2.58. The van der Waals surface area contributed by atoms with Gasteiger partial charge in [-0.25, -0.2) is 0 Å². The Morgan fingerprint density at radius 2 is 1.84 bits per heavy atom. The summed E-state index contributed by atoms with van der Waals surface area (Å²) in [4.78, 5) is 21.8. The first-order chi connectivity index (χ1) is 12.1. The number of rotatable bonds is 3. The molecule has 0 saturated heterocycles. The Morgan fingerprint density at radius 1 is 1.08 bits per heavy atom. The van der Waals surface area contributed by atoms with Crippen LogP contribution in [-0.4, -0.2) is 37.4 Å². The quantitative estimate of drug-likeness (QED) is 0.854. The van der Waals surface area contributed by atoms with Crippen LogP contribution in [0, 0.1) is 35.5 Å². The SMILES string of the molecule is CN(C)CCC1C(=O)C2CCCC3CC4CCCC5NOC1=C(C45)C32. The molecule has 0 aromatic carbocycles. The smallest absolute Gasteiger partial charge is 0.147 e. The normalized spacial score (nSPS) is 45.2. The molecule has 0 radical (unpaired) electrons. The highest BCUT2D eigenvalue weighted by molar-refractivity contribution is 5.88. The standard InChI is InChI=1S/C21H32N2O2/c1-23(2)10-9-15-20(24)14-7-3-5-12-11-13-6-4-8-16-18(13)19(17(12)14)21(15)25-22-16/h12-18,22H,3-11H2,1-2H3. The lowest BCUT2D eigenvalue weighted by atomic mass is 9.50. The van der Waals surface area contributed by atoms with E-state index in [1.54, 1.807) is 5.57 Å². The second-order valence-corrected chi connectivity index (χ2v) is 9.47. The Bertz CT molecular complexity index is 599. The summed E-state index contributed by atoms with van der Waals surface area (Å²) in [7, 11) is 4.19. The first-order valence-electron chi connectivity index (χ1n) is 10.5. The monoisotopic (exact) mass is 344 g/mol. The number of Topliss-reactive ketones (excluding diaryl/α,β-unsaturated/α-hetero) is 1. The fraction of sp³-hybridized carbons (Fsp3) is 0.857. The van der Waals surface area contributed by atoms with Gasteiger partial charge < -0.3 is 9.74 Å². The number of ketones is 1. The maximum atomic E-state index is 13.4. The van der Waals surface area contributed by atoms with Gasteiger partial charge in [0.05, 0.1) is 5.92 Å². The molecular weight excluding hydrogens is 312 g/mol. The van der Waals surface area contributed by atoms with E-state index in [9.17, 15) is 4.79 Å². The van der Waals surface area contributed by atoms with Gasteiger partial charge in [-0.05, 0) is 82.5 Å². The minimum atomic E-state index is -0.00785. The Kier molecular flexibility index (Phi) is 3.97. The van der Waals surface area contributed by atoms with Crippen molar-refractivity contribution in [2.24, 2.45) is 35.5 Å². The van der Waals surface area contributed by atoms with Crippen molar-refractivity contribution in [2.45, 2.75) is 57.4 Å². The third kappa shape index (κ3) is 2.43. The van der Waals surface area contributed by atoms with Crippen molar-refractivity contribution in [2.75, 3.05) is 20.6 Å². The van der Waals surface area contributed by atoms with Gasteiger partial charge in [0.1, 0.15) is 11.5 Å². The molecule has 0 aromatic rings. The van der Waals surface area contributed by atoms with Gasteiger partial charge in [0, 0.05) is 17.9 Å². The van der Waals surface area contributed by atoms with Crippen LogP contribution in [0.4, 0.5) is 0 Å². The van der Waals surface area contributed by atoms with Crippen molar-refractivity contribution in [3.05, 3.63) is 11.3 Å². The summed E-state index contributed by atoms with van der Waals surface area (Å²) >= 11 is 0. The predicted octanol–water partition coefficient (Wildman–Crippen LogP) is 3.15. The highest BCUT2D eigenvalue weighted by atomic mass is 16.7. The number of nitrogens with zero attached hydrogens (tertiary/aromatic N) is 1. The lowest BCUT2D eigenvalue weighted by molar-refractivity contribution is -0.139. The van der Waals surface area contributed by atoms with Gasteiger partial charge in [-0.2, -0.15) is 5.48 Å². The van der Waals surface area contributed by atoms with Crippen molar-refractivity contribution < 1.29 is 9.63 Å². The molecular formula is C21H32N2O2. The van der Waals surface area contributed by atoms with Gasteiger partial charge in [0.15, 0.2) is 0 Å². The summed E-state index contributed by atoms with van der Waals surface area (Å²) in [5, 5.41) is 0. The number of hydrogen-bond acceptors (Lipinski definition) is 4. The van der Waals surface area contributed by atoms with E-state index in [1.165, 1.54) is 38.5 Å². The number of carbonyl (C=O) groups excluding carboxylic acids is 1.